The second kappa shape index (κ2) is 13.9. The molecule has 2 heterocycles. The maximum absolute atomic E-state index is 11.1. The maximum Gasteiger partial charge on any atom is 0.149 e. The fourth-order valence-electron chi connectivity index (χ4n) is 7.20. The number of hydrogen-bond acceptors (Lipinski definition) is 3. The lowest BCUT2D eigenvalue weighted by Gasteiger charge is -2.13. The fourth-order valence-corrected chi connectivity index (χ4v) is 7.20. The molecule has 4 nitrogen and oxygen atoms in total. The van der Waals surface area contributed by atoms with E-state index in [-0.39, 0.29) is 5.75 Å². The standard InChI is InChI=1S/C49H35N3O/c53-47-22-11-10-19-44(47)49-51-48-43(20-12-21-46(48)52(49)42-25-23-38(24-26-42)36-15-6-2-7-16-36)40-30-35(29-34-13-4-1-5-14-34)31-41(32-40)45-33-39(27-28-50-45)37-17-8-3-9-18-37/h1-28,30-33,53H,29H2. The van der Waals surface area contributed by atoms with Gasteiger partial charge in [0.15, 0.2) is 0 Å². The Balaban J connectivity index is 1.23. The van der Waals surface area contributed by atoms with E-state index < -0.39 is 0 Å². The van der Waals surface area contributed by atoms with Gasteiger partial charge in [-0.05, 0) is 100.0 Å². The predicted molar refractivity (Wildman–Crippen MR) is 217 cm³/mol. The molecule has 0 spiro atoms. The van der Waals surface area contributed by atoms with Crippen molar-refractivity contribution in [1.29, 1.82) is 0 Å². The lowest BCUT2D eigenvalue weighted by Crippen LogP contribution is -1.98. The van der Waals surface area contributed by atoms with E-state index in [0.29, 0.717) is 11.4 Å². The Kier molecular flexibility index (Phi) is 8.39. The first-order valence-electron chi connectivity index (χ1n) is 17.8. The van der Waals surface area contributed by atoms with Crippen LogP contribution in [0.2, 0.25) is 0 Å². The summed E-state index contributed by atoms with van der Waals surface area (Å²) in [6.07, 6.45) is 2.67. The molecule has 0 atom stereocenters. The van der Waals surface area contributed by atoms with Crippen molar-refractivity contribution in [3.05, 3.63) is 205 Å². The van der Waals surface area contributed by atoms with Gasteiger partial charge in [0.2, 0.25) is 0 Å². The number of imidazole rings is 1. The van der Waals surface area contributed by atoms with Crippen molar-refractivity contribution in [2.45, 2.75) is 6.42 Å². The first-order chi connectivity index (χ1) is 26.2. The van der Waals surface area contributed by atoms with Crippen LogP contribution in [0.3, 0.4) is 0 Å². The van der Waals surface area contributed by atoms with Crippen LogP contribution in [0.1, 0.15) is 11.1 Å². The molecule has 0 aliphatic heterocycles. The maximum atomic E-state index is 11.1. The molecule has 7 aromatic carbocycles. The third kappa shape index (κ3) is 6.39. The number of para-hydroxylation sites is 2. The Morgan fingerprint density at radius 1 is 0.453 bits per heavy atom. The third-order valence-electron chi connectivity index (χ3n) is 9.78. The molecule has 252 valence electrons. The lowest BCUT2D eigenvalue weighted by atomic mass is 9.94. The second-order valence-electron chi connectivity index (χ2n) is 13.3. The molecule has 9 rings (SSSR count). The summed E-state index contributed by atoms with van der Waals surface area (Å²) in [5.74, 6) is 0.860. The van der Waals surface area contributed by atoms with Gasteiger partial charge in [0, 0.05) is 23.0 Å². The van der Waals surface area contributed by atoms with Gasteiger partial charge in [0.1, 0.15) is 11.6 Å². The van der Waals surface area contributed by atoms with Gasteiger partial charge in [-0.2, -0.15) is 0 Å². The zero-order valence-corrected chi connectivity index (χ0v) is 29.0. The molecule has 0 aliphatic rings. The van der Waals surface area contributed by atoms with E-state index in [0.717, 1.165) is 67.8 Å². The average molecular weight is 682 g/mol. The topological polar surface area (TPSA) is 50.9 Å². The van der Waals surface area contributed by atoms with E-state index in [9.17, 15) is 5.11 Å². The van der Waals surface area contributed by atoms with Crippen molar-refractivity contribution in [3.63, 3.8) is 0 Å². The SMILES string of the molecule is Oc1ccccc1-c1nc2c(-c3cc(Cc4ccccc4)cc(-c4cc(-c5ccccc5)ccn4)c3)cccc2n1-c1ccc(-c2ccccc2)cc1. The predicted octanol–water partition coefficient (Wildman–Crippen LogP) is 12.1. The summed E-state index contributed by atoms with van der Waals surface area (Å²) >= 11 is 0. The van der Waals surface area contributed by atoms with Crippen LogP contribution < -0.4 is 0 Å². The van der Waals surface area contributed by atoms with Crippen molar-refractivity contribution in [3.8, 4) is 67.5 Å². The van der Waals surface area contributed by atoms with Gasteiger partial charge in [-0.3, -0.25) is 9.55 Å². The normalized spacial score (nSPS) is 11.2. The highest BCUT2D eigenvalue weighted by Gasteiger charge is 2.20. The van der Waals surface area contributed by atoms with Crippen LogP contribution in [0.15, 0.2) is 194 Å². The van der Waals surface area contributed by atoms with E-state index in [4.69, 9.17) is 9.97 Å². The van der Waals surface area contributed by atoms with Crippen molar-refractivity contribution in [2.24, 2.45) is 0 Å². The summed E-state index contributed by atoms with van der Waals surface area (Å²) in [5.41, 5.74) is 14.4. The van der Waals surface area contributed by atoms with Crippen LogP contribution in [0.5, 0.6) is 5.75 Å². The minimum atomic E-state index is 0.183. The Morgan fingerprint density at radius 2 is 1.08 bits per heavy atom. The number of benzene rings is 7. The first kappa shape index (κ1) is 31.9. The molecule has 0 radical (unpaired) electrons. The molecule has 1 N–H and O–H groups in total. The first-order valence-corrected chi connectivity index (χ1v) is 17.8. The number of phenols is 1. The van der Waals surface area contributed by atoms with Crippen LogP contribution in [-0.2, 0) is 6.42 Å². The van der Waals surface area contributed by atoms with E-state index in [1.165, 1.54) is 11.1 Å². The van der Waals surface area contributed by atoms with Crippen LogP contribution in [0, 0.1) is 0 Å². The van der Waals surface area contributed by atoms with Gasteiger partial charge in [0.25, 0.3) is 0 Å². The molecule has 0 saturated heterocycles. The quantitative estimate of drug-likeness (QED) is 0.174. The zero-order valence-electron chi connectivity index (χ0n) is 29.0. The highest BCUT2D eigenvalue weighted by molar-refractivity contribution is 5.97. The Hall–Kier alpha value is -7.04. The Bertz CT molecular complexity index is 2680. The van der Waals surface area contributed by atoms with Crippen molar-refractivity contribution < 1.29 is 5.11 Å². The molecule has 0 saturated carbocycles. The summed E-state index contributed by atoms with van der Waals surface area (Å²) in [6.45, 7) is 0. The van der Waals surface area contributed by atoms with Gasteiger partial charge in [-0.25, -0.2) is 4.98 Å². The minimum Gasteiger partial charge on any atom is -0.507 e. The van der Waals surface area contributed by atoms with E-state index in [2.05, 4.69) is 156 Å². The highest BCUT2D eigenvalue weighted by atomic mass is 16.3. The summed E-state index contributed by atoms with van der Waals surface area (Å²) < 4.78 is 2.16. The molecular weight excluding hydrogens is 647 g/mol. The Labute approximate surface area is 309 Å². The number of nitrogens with zero attached hydrogens (tertiary/aromatic N) is 3. The average Bonchev–Trinajstić information content (AvgIpc) is 3.62. The largest absolute Gasteiger partial charge is 0.507 e. The lowest BCUT2D eigenvalue weighted by molar-refractivity contribution is 0.477. The highest BCUT2D eigenvalue weighted by Crippen LogP contribution is 2.39. The van der Waals surface area contributed by atoms with Crippen LogP contribution in [0.4, 0.5) is 0 Å². The Morgan fingerprint density at radius 3 is 1.81 bits per heavy atom. The molecule has 0 aliphatic carbocycles. The van der Waals surface area contributed by atoms with Crippen molar-refractivity contribution >= 4 is 11.0 Å². The van der Waals surface area contributed by atoms with E-state index in [1.807, 2.05) is 36.5 Å². The van der Waals surface area contributed by atoms with E-state index >= 15 is 0 Å². The van der Waals surface area contributed by atoms with Crippen molar-refractivity contribution in [1.82, 2.24) is 14.5 Å². The zero-order chi connectivity index (χ0) is 35.6. The molecule has 0 fully saturated rings. The fraction of sp³-hybridized carbons (Fsp3) is 0.0204. The van der Waals surface area contributed by atoms with Gasteiger partial charge in [-0.15, -0.1) is 0 Å². The molecular formula is C49H35N3O. The summed E-state index contributed by atoms with van der Waals surface area (Å²) in [5, 5.41) is 11.1. The molecule has 2 aromatic heterocycles. The summed E-state index contributed by atoms with van der Waals surface area (Å²) in [7, 11) is 0. The number of fused-ring (bicyclic) bond motifs is 1. The van der Waals surface area contributed by atoms with Gasteiger partial charge in [0.05, 0.1) is 22.3 Å². The van der Waals surface area contributed by atoms with E-state index in [1.54, 1.807) is 6.07 Å². The number of pyridine rings is 1. The number of hydrogen-bond donors (Lipinski definition) is 1. The van der Waals surface area contributed by atoms with Crippen LogP contribution in [-0.4, -0.2) is 19.6 Å². The van der Waals surface area contributed by atoms with Crippen molar-refractivity contribution in [2.75, 3.05) is 0 Å². The number of phenolic OH excluding ortho intramolecular Hbond substituents is 1. The molecule has 0 unspecified atom stereocenters. The third-order valence-corrected chi connectivity index (χ3v) is 9.78. The monoisotopic (exact) mass is 681 g/mol. The van der Waals surface area contributed by atoms with Gasteiger partial charge in [-0.1, -0.05) is 133 Å². The molecule has 9 aromatic rings. The molecule has 4 heteroatoms. The van der Waals surface area contributed by atoms with Crippen LogP contribution >= 0.6 is 0 Å². The molecule has 0 bridgehead atoms. The van der Waals surface area contributed by atoms with Gasteiger partial charge >= 0.3 is 0 Å². The summed E-state index contributed by atoms with van der Waals surface area (Å²) in [6, 6.07) is 64.7. The molecule has 0 amide bonds. The number of aromatic hydroxyl groups is 1. The van der Waals surface area contributed by atoms with Gasteiger partial charge < -0.3 is 5.11 Å². The second-order valence-corrected chi connectivity index (χ2v) is 13.3. The smallest absolute Gasteiger partial charge is 0.149 e. The minimum absolute atomic E-state index is 0.183. The molecule has 53 heavy (non-hydrogen) atoms. The number of aromatic nitrogens is 3. The van der Waals surface area contributed by atoms with Crippen LogP contribution in [0.25, 0.3) is 72.7 Å². The summed E-state index contributed by atoms with van der Waals surface area (Å²) in [4.78, 5) is 10.2. The number of rotatable bonds is 8.